The Morgan fingerprint density at radius 2 is 1.22 bits per heavy atom. The average molecular weight is 754 g/mol. The Balaban J connectivity index is 1.79. The lowest BCUT2D eigenvalue weighted by Crippen LogP contribution is -2.55. The number of carbonyl (C=O) groups excluding carboxylic acids is 6. The van der Waals surface area contributed by atoms with Crippen LogP contribution in [0, 0.1) is 16.0 Å². The van der Waals surface area contributed by atoms with Crippen molar-refractivity contribution in [1.29, 1.82) is 0 Å². The van der Waals surface area contributed by atoms with Crippen molar-refractivity contribution in [2.24, 2.45) is 17.4 Å². The predicted molar refractivity (Wildman–Crippen MR) is 197 cm³/mol. The molecule has 0 saturated heterocycles. The molecule has 6 amide bonds. The maximum absolute atomic E-state index is 13.2. The predicted octanol–water partition coefficient (Wildman–Crippen LogP) is 1.54. The lowest BCUT2D eigenvalue weighted by atomic mass is 9.97. The smallest absolute Gasteiger partial charge is 0.326 e. The fourth-order valence-electron chi connectivity index (χ4n) is 5.52. The number of primary amides is 2. The summed E-state index contributed by atoms with van der Waals surface area (Å²) in [5, 5.41) is 30.7. The van der Waals surface area contributed by atoms with Crippen LogP contribution in [-0.2, 0) is 46.4 Å². The fraction of sp³-hybridized carbons (Fsp3) is 0.486. The van der Waals surface area contributed by atoms with Crippen molar-refractivity contribution in [1.82, 2.24) is 21.3 Å². The van der Waals surface area contributed by atoms with Gasteiger partial charge in [-0.25, -0.2) is 4.79 Å². The van der Waals surface area contributed by atoms with Crippen LogP contribution in [0.1, 0.15) is 82.8 Å². The summed E-state index contributed by atoms with van der Waals surface area (Å²) in [6, 6.07) is 9.58. The topological polar surface area (TPSA) is 283 Å². The van der Waals surface area contributed by atoms with E-state index in [9.17, 15) is 48.8 Å². The van der Waals surface area contributed by atoms with Gasteiger partial charge in [-0.2, -0.15) is 0 Å². The molecule has 54 heavy (non-hydrogen) atoms. The zero-order valence-corrected chi connectivity index (χ0v) is 30.6. The van der Waals surface area contributed by atoms with Gasteiger partial charge >= 0.3 is 5.97 Å². The summed E-state index contributed by atoms with van der Waals surface area (Å²) in [7, 11) is 0. The van der Waals surface area contributed by atoms with E-state index in [1.165, 1.54) is 24.3 Å². The summed E-state index contributed by atoms with van der Waals surface area (Å²) in [6.45, 7) is 3.72. The molecule has 0 aliphatic carbocycles. The molecule has 294 valence electrons. The van der Waals surface area contributed by atoms with E-state index in [0.29, 0.717) is 44.1 Å². The molecule has 2 aromatic rings. The molecule has 17 nitrogen and oxygen atoms in total. The SMILES string of the molecule is CC[C@@H](C)[C@H](NC(=O)CCCCCCCC(=O)N[C@@H](CC(N)=O)C(=O)N[C@@H](Cc1ccc([N+](=O)[O-])cc1)C(=O)O)C(=O)N[C@@H](Cc1ccccc1)C(N)=O. The van der Waals surface area contributed by atoms with Gasteiger partial charge in [0.1, 0.15) is 24.2 Å². The van der Waals surface area contributed by atoms with Gasteiger partial charge in [-0.05, 0) is 29.9 Å². The second kappa shape index (κ2) is 22.9. The van der Waals surface area contributed by atoms with Crippen LogP contribution in [0.15, 0.2) is 54.6 Å². The van der Waals surface area contributed by atoms with Crippen LogP contribution in [0.3, 0.4) is 0 Å². The molecule has 9 N–H and O–H groups in total. The Hall–Kier alpha value is -5.87. The number of benzene rings is 2. The number of nitrogens with zero attached hydrogens (tertiary/aromatic N) is 1. The molecule has 0 aliphatic heterocycles. The first kappa shape index (κ1) is 44.3. The minimum absolute atomic E-state index is 0.0104. The van der Waals surface area contributed by atoms with E-state index in [-0.39, 0.29) is 43.2 Å². The van der Waals surface area contributed by atoms with Crippen molar-refractivity contribution in [3.8, 4) is 0 Å². The maximum atomic E-state index is 13.2. The molecule has 17 heteroatoms. The summed E-state index contributed by atoms with van der Waals surface area (Å²) < 4.78 is 0. The number of carbonyl (C=O) groups is 7. The molecule has 2 aromatic carbocycles. The summed E-state index contributed by atoms with van der Waals surface area (Å²) in [5.74, 6) is -5.46. The van der Waals surface area contributed by atoms with E-state index in [0.717, 1.165) is 5.56 Å². The lowest BCUT2D eigenvalue weighted by Gasteiger charge is -2.26. The van der Waals surface area contributed by atoms with Gasteiger partial charge in [-0.1, -0.05) is 82.0 Å². The van der Waals surface area contributed by atoms with Crippen LogP contribution in [0.25, 0.3) is 0 Å². The molecule has 0 unspecified atom stereocenters. The van der Waals surface area contributed by atoms with Crippen LogP contribution >= 0.6 is 0 Å². The van der Waals surface area contributed by atoms with Gasteiger partial charge in [0, 0.05) is 37.8 Å². The molecule has 0 spiro atoms. The molecular formula is C37H51N7O10. The number of carboxylic acid groups (broad SMARTS) is 1. The van der Waals surface area contributed by atoms with Crippen molar-refractivity contribution in [3.63, 3.8) is 0 Å². The lowest BCUT2D eigenvalue weighted by molar-refractivity contribution is -0.384. The number of aliphatic carboxylic acids is 1. The number of carboxylic acids is 1. The average Bonchev–Trinajstić information content (AvgIpc) is 3.12. The molecular weight excluding hydrogens is 702 g/mol. The van der Waals surface area contributed by atoms with Gasteiger partial charge in [0.05, 0.1) is 11.3 Å². The van der Waals surface area contributed by atoms with Crippen molar-refractivity contribution in [2.75, 3.05) is 0 Å². The van der Waals surface area contributed by atoms with Crippen LogP contribution in [0.2, 0.25) is 0 Å². The quantitative estimate of drug-likeness (QED) is 0.0436. The third-order valence-electron chi connectivity index (χ3n) is 8.82. The van der Waals surface area contributed by atoms with Crippen molar-refractivity contribution >= 4 is 47.1 Å². The molecule has 0 fully saturated rings. The third-order valence-corrected chi connectivity index (χ3v) is 8.82. The Labute approximate surface area is 313 Å². The number of rotatable bonds is 25. The molecule has 0 aliphatic rings. The van der Waals surface area contributed by atoms with Crippen LogP contribution in [0.4, 0.5) is 5.69 Å². The summed E-state index contributed by atoms with van der Waals surface area (Å²) in [5.41, 5.74) is 11.9. The van der Waals surface area contributed by atoms with E-state index < -0.39 is 71.0 Å². The zero-order chi connectivity index (χ0) is 40.2. The highest BCUT2D eigenvalue weighted by Gasteiger charge is 2.30. The zero-order valence-electron chi connectivity index (χ0n) is 30.6. The molecule has 0 aromatic heterocycles. The van der Waals surface area contributed by atoms with Crippen molar-refractivity contribution in [3.05, 3.63) is 75.8 Å². The molecule has 0 bridgehead atoms. The first-order chi connectivity index (χ1) is 25.6. The molecule has 0 radical (unpaired) electrons. The monoisotopic (exact) mass is 753 g/mol. The number of nitrogens with one attached hydrogen (secondary N) is 4. The number of hydrogen-bond donors (Lipinski definition) is 7. The summed E-state index contributed by atoms with van der Waals surface area (Å²) >= 11 is 0. The Kier molecular flexibility index (Phi) is 18.8. The first-order valence-corrected chi connectivity index (χ1v) is 17.9. The normalized spacial score (nSPS) is 13.6. The summed E-state index contributed by atoms with van der Waals surface area (Å²) in [6.07, 6.45) is 3.13. The van der Waals surface area contributed by atoms with Gasteiger partial charge in [0.25, 0.3) is 5.69 Å². The minimum atomic E-state index is -1.45. The van der Waals surface area contributed by atoms with E-state index >= 15 is 0 Å². The highest BCUT2D eigenvalue weighted by atomic mass is 16.6. The third kappa shape index (κ3) is 16.2. The number of non-ortho nitro benzene ring substituents is 1. The van der Waals surface area contributed by atoms with E-state index in [1.54, 1.807) is 0 Å². The summed E-state index contributed by atoms with van der Waals surface area (Å²) in [4.78, 5) is 97.3. The Bertz CT molecular complexity index is 1600. The fourth-order valence-corrected chi connectivity index (χ4v) is 5.52. The first-order valence-electron chi connectivity index (χ1n) is 17.9. The van der Waals surface area contributed by atoms with E-state index in [1.807, 2.05) is 44.2 Å². The molecule has 0 saturated carbocycles. The van der Waals surface area contributed by atoms with Crippen molar-refractivity contribution < 1.29 is 43.6 Å². The van der Waals surface area contributed by atoms with Gasteiger partial charge in [-0.3, -0.25) is 38.9 Å². The number of unbranched alkanes of at least 4 members (excludes halogenated alkanes) is 4. The number of nitro benzene ring substituents is 1. The highest BCUT2D eigenvalue weighted by molar-refractivity contribution is 5.94. The maximum Gasteiger partial charge on any atom is 0.326 e. The van der Waals surface area contributed by atoms with E-state index in [2.05, 4.69) is 21.3 Å². The van der Waals surface area contributed by atoms with E-state index in [4.69, 9.17) is 11.5 Å². The Morgan fingerprint density at radius 1 is 0.704 bits per heavy atom. The Morgan fingerprint density at radius 3 is 1.74 bits per heavy atom. The largest absolute Gasteiger partial charge is 0.480 e. The van der Waals surface area contributed by atoms with Gasteiger partial charge in [0.2, 0.25) is 35.4 Å². The second-order valence-electron chi connectivity index (χ2n) is 13.2. The second-order valence-corrected chi connectivity index (χ2v) is 13.2. The molecule has 0 heterocycles. The van der Waals surface area contributed by atoms with Crippen LogP contribution < -0.4 is 32.7 Å². The number of amides is 6. The molecule has 2 rings (SSSR count). The number of nitrogens with two attached hydrogens (primary N) is 2. The van der Waals surface area contributed by atoms with Crippen LogP contribution in [-0.4, -0.2) is 75.6 Å². The van der Waals surface area contributed by atoms with Gasteiger partial charge in [-0.15, -0.1) is 0 Å². The van der Waals surface area contributed by atoms with Gasteiger partial charge in [0.15, 0.2) is 0 Å². The van der Waals surface area contributed by atoms with Crippen molar-refractivity contribution in [2.45, 2.75) is 109 Å². The molecule has 5 atom stereocenters. The number of nitro groups is 1. The highest BCUT2D eigenvalue weighted by Crippen LogP contribution is 2.15. The number of hydrogen-bond acceptors (Lipinski definition) is 9. The van der Waals surface area contributed by atoms with Crippen LogP contribution in [0.5, 0.6) is 0 Å². The minimum Gasteiger partial charge on any atom is -0.480 e. The standard InChI is InChI=1S/C37H51N7O10/c1-3-23(2)33(36(50)41-27(34(39)48)20-24-12-8-7-9-13-24)43-32(47)15-11-6-4-5-10-14-31(46)40-28(22-30(38)45)35(49)42-29(37(51)52)21-25-16-18-26(19-17-25)44(53)54/h7-9,12-13,16-19,23,27-29,33H,3-6,10-11,14-15,20-22H2,1-2H3,(H2,38,45)(H2,39,48)(H,40,46)(H,41,50)(H,42,49)(H,43,47)(H,51,52)/t23-,27+,28+,29+,33+/m1/s1. The van der Waals surface area contributed by atoms with Gasteiger partial charge < -0.3 is 37.8 Å².